The molecule has 0 spiro atoms. The Hall–Kier alpha value is -3.45. The number of hydrogen-bond acceptors (Lipinski definition) is 5. The van der Waals surface area contributed by atoms with Gasteiger partial charge in [-0.25, -0.2) is 0 Å². The Kier molecular flexibility index (Phi) is 6.43. The van der Waals surface area contributed by atoms with Crippen molar-refractivity contribution in [2.24, 2.45) is 0 Å². The third kappa shape index (κ3) is 5.19. The van der Waals surface area contributed by atoms with Crippen molar-refractivity contribution in [3.8, 4) is 17.1 Å². The van der Waals surface area contributed by atoms with Crippen LogP contribution in [0.15, 0.2) is 87.9 Å². The van der Waals surface area contributed by atoms with Gasteiger partial charge in [0.2, 0.25) is 11.7 Å². The summed E-state index contributed by atoms with van der Waals surface area (Å²) in [6.07, 6.45) is 0.519. The summed E-state index contributed by atoms with van der Waals surface area (Å²) in [5.41, 5.74) is 2.40. The quantitative estimate of drug-likeness (QED) is 0.394. The molecule has 0 aliphatic carbocycles. The molecule has 1 amide bonds. The SMILES string of the molecule is COc1ccc(C(=O)N[C@@H](Cc2ccccc2)c2nc(-c3ccc(Br)cc3)no2)cc1. The maximum absolute atomic E-state index is 12.9. The maximum Gasteiger partial charge on any atom is 0.251 e. The molecule has 0 bridgehead atoms. The summed E-state index contributed by atoms with van der Waals surface area (Å²) in [6, 6.07) is 24.0. The molecule has 0 saturated heterocycles. The molecule has 7 heteroatoms. The Bertz CT molecular complexity index is 1140. The van der Waals surface area contributed by atoms with Gasteiger partial charge < -0.3 is 14.6 Å². The number of nitrogens with zero attached hydrogens (tertiary/aromatic N) is 2. The van der Waals surface area contributed by atoms with E-state index >= 15 is 0 Å². The van der Waals surface area contributed by atoms with Crippen LogP contribution in [0.25, 0.3) is 11.4 Å². The molecule has 0 radical (unpaired) electrons. The van der Waals surface area contributed by atoms with E-state index in [1.165, 1.54) is 0 Å². The molecule has 0 aliphatic rings. The Morgan fingerprint density at radius 3 is 2.42 bits per heavy atom. The second kappa shape index (κ2) is 9.57. The van der Waals surface area contributed by atoms with Crippen LogP contribution in [0.3, 0.4) is 0 Å². The van der Waals surface area contributed by atoms with Gasteiger partial charge in [0, 0.05) is 22.0 Å². The highest BCUT2D eigenvalue weighted by atomic mass is 79.9. The fraction of sp³-hybridized carbons (Fsp3) is 0.125. The summed E-state index contributed by atoms with van der Waals surface area (Å²) in [5, 5.41) is 7.14. The molecular weight excluding hydrogens is 458 g/mol. The number of rotatable bonds is 7. The molecule has 1 aromatic heterocycles. The van der Waals surface area contributed by atoms with Gasteiger partial charge in [-0.15, -0.1) is 0 Å². The van der Waals surface area contributed by atoms with Crippen LogP contribution in [0.4, 0.5) is 0 Å². The smallest absolute Gasteiger partial charge is 0.251 e. The number of aromatic nitrogens is 2. The number of methoxy groups -OCH3 is 1. The zero-order valence-corrected chi connectivity index (χ0v) is 18.4. The van der Waals surface area contributed by atoms with Crippen molar-refractivity contribution in [3.63, 3.8) is 0 Å². The molecule has 31 heavy (non-hydrogen) atoms. The first kappa shape index (κ1) is 20.8. The fourth-order valence-corrected chi connectivity index (χ4v) is 3.39. The summed E-state index contributed by atoms with van der Waals surface area (Å²) >= 11 is 3.42. The molecule has 4 rings (SSSR count). The number of benzene rings is 3. The summed E-state index contributed by atoms with van der Waals surface area (Å²) in [5.74, 6) is 1.28. The normalized spacial score (nSPS) is 11.7. The number of hydrogen-bond donors (Lipinski definition) is 1. The van der Waals surface area contributed by atoms with E-state index < -0.39 is 6.04 Å². The molecule has 0 fully saturated rings. The lowest BCUT2D eigenvalue weighted by Gasteiger charge is -2.15. The van der Waals surface area contributed by atoms with E-state index in [1.54, 1.807) is 31.4 Å². The lowest BCUT2D eigenvalue weighted by Crippen LogP contribution is -2.30. The largest absolute Gasteiger partial charge is 0.497 e. The van der Waals surface area contributed by atoms with Gasteiger partial charge in [-0.3, -0.25) is 4.79 Å². The third-order valence-electron chi connectivity index (χ3n) is 4.78. The van der Waals surface area contributed by atoms with Gasteiger partial charge in [-0.1, -0.05) is 51.4 Å². The van der Waals surface area contributed by atoms with Crippen molar-refractivity contribution < 1.29 is 14.1 Å². The van der Waals surface area contributed by atoms with Crippen molar-refractivity contribution >= 4 is 21.8 Å². The first-order chi connectivity index (χ1) is 15.1. The summed E-state index contributed by atoms with van der Waals surface area (Å²) in [6.45, 7) is 0. The van der Waals surface area contributed by atoms with E-state index in [-0.39, 0.29) is 5.91 Å². The van der Waals surface area contributed by atoms with Crippen molar-refractivity contribution in [3.05, 3.63) is 100 Å². The maximum atomic E-state index is 12.9. The van der Waals surface area contributed by atoms with E-state index in [0.29, 0.717) is 29.4 Å². The van der Waals surface area contributed by atoms with Gasteiger partial charge in [0.1, 0.15) is 11.8 Å². The Morgan fingerprint density at radius 1 is 1.03 bits per heavy atom. The van der Waals surface area contributed by atoms with Gasteiger partial charge in [-0.05, 0) is 54.1 Å². The fourth-order valence-electron chi connectivity index (χ4n) is 3.13. The number of halogens is 1. The molecule has 0 aliphatic heterocycles. The van der Waals surface area contributed by atoms with E-state index in [1.807, 2.05) is 54.6 Å². The minimum Gasteiger partial charge on any atom is -0.497 e. The number of ether oxygens (including phenoxy) is 1. The van der Waals surface area contributed by atoms with Gasteiger partial charge in [0.25, 0.3) is 5.91 Å². The van der Waals surface area contributed by atoms with Crippen LogP contribution in [0.1, 0.15) is 27.9 Å². The van der Waals surface area contributed by atoms with Crippen LogP contribution >= 0.6 is 15.9 Å². The molecule has 6 nitrogen and oxygen atoms in total. The number of carbonyl (C=O) groups excluding carboxylic acids is 1. The minimum absolute atomic E-state index is 0.230. The zero-order chi connectivity index (χ0) is 21.6. The highest BCUT2D eigenvalue weighted by Gasteiger charge is 2.23. The summed E-state index contributed by atoms with van der Waals surface area (Å²) < 4.78 is 11.7. The van der Waals surface area contributed by atoms with E-state index in [9.17, 15) is 4.79 Å². The molecule has 156 valence electrons. The Morgan fingerprint density at radius 2 is 1.74 bits per heavy atom. The standard InChI is InChI=1S/C24H20BrN3O3/c1-30-20-13-9-18(10-14-20)23(29)26-21(15-16-5-3-2-4-6-16)24-27-22(28-31-24)17-7-11-19(25)12-8-17/h2-14,21H,15H2,1H3,(H,26,29)/t21-/m0/s1. The third-order valence-corrected chi connectivity index (χ3v) is 5.31. The van der Waals surface area contributed by atoms with E-state index in [4.69, 9.17) is 9.26 Å². The first-order valence-corrected chi connectivity index (χ1v) is 10.5. The molecule has 0 saturated carbocycles. The predicted molar refractivity (Wildman–Crippen MR) is 121 cm³/mol. The van der Waals surface area contributed by atoms with E-state index in [0.717, 1.165) is 15.6 Å². The summed E-state index contributed by atoms with van der Waals surface area (Å²) in [4.78, 5) is 17.4. The van der Waals surface area contributed by atoms with Crippen LogP contribution in [0.5, 0.6) is 5.75 Å². The van der Waals surface area contributed by atoms with Crippen molar-refractivity contribution in [1.82, 2.24) is 15.5 Å². The lowest BCUT2D eigenvalue weighted by molar-refractivity contribution is 0.0928. The molecule has 1 heterocycles. The van der Waals surface area contributed by atoms with Crippen LogP contribution in [-0.2, 0) is 6.42 Å². The first-order valence-electron chi connectivity index (χ1n) is 9.71. The van der Waals surface area contributed by atoms with Crippen LogP contribution in [-0.4, -0.2) is 23.2 Å². The molecule has 3 aromatic carbocycles. The van der Waals surface area contributed by atoms with Crippen LogP contribution in [0.2, 0.25) is 0 Å². The molecule has 1 atom stereocenters. The molecule has 1 N–H and O–H groups in total. The van der Waals surface area contributed by atoms with Gasteiger partial charge in [0.05, 0.1) is 7.11 Å². The van der Waals surface area contributed by atoms with Gasteiger partial charge >= 0.3 is 0 Å². The Labute approximate surface area is 188 Å². The number of amides is 1. The van der Waals surface area contributed by atoms with Crippen molar-refractivity contribution in [1.29, 1.82) is 0 Å². The number of nitrogens with one attached hydrogen (secondary N) is 1. The Balaban J connectivity index is 1.59. The van der Waals surface area contributed by atoms with Crippen molar-refractivity contribution in [2.45, 2.75) is 12.5 Å². The topological polar surface area (TPSA) is 77.2 Å². The molecule has 0 unspecified atom stereocenters. The van der Waals surface area contributed by atoms with Crippen molar-refractivity contribution in [2.75, 3.05) is 7.11 Å². The highest BCUT2D eigenvalue weighted by molar-refractivity contribution is 9.10. The molecular formula is C24H20BrN3O3. The highest BCUT2D eigenvalue weighted by Crippen LogP contribution is 2.23. The monoisotopic (exact) mass is 477 g/mol. The second-order valence-electron chi connectivity index (χ2n) is 6.91. The predicted octanol–water partition coefficient (Wildman–Crippen LogP) is 5.22. The minimum atomic E-state index is -0.478. The zero-order valence-electron chi connectivity index (χ0n) is 16.8. The lowest BCUT2D eigenvalue weighted by atomic mass is 10.1. The van der Waals surface area contributed by atoms with Gasteiger partial charge in [-0.2, -0.15) is 4.98 Å². The second-order valence-corrected chi connectivity index (χ2v) is 7.82. The van der Waals surface area contributed by atoms with Crippen LogP contribution in [0, 0.1) is 0 Å². The molecule has 4 aromatic rings. The summed E-state index contributed by atoms with van der Waals surface area (Å²) in [7, 11) is 1.59. The van der Waals surface area contributed by atoms with Gasteiger partial charge in [0.15, 0.2) is 0 Å². The average molecular weight is 478 g/mol. The number of carbonyl (C=O) groups is 1. The average Bonchev–Trinajstić information content (AvgIpc) is 3.30. The van der Waals surface area contributed by atoms with E-state index in [2.05, 4.69) is 31.4 Å². The van der Waals surface area contributed by atoms with Crippen LogP contribution < -0.4 is 10.1 Å².